The number of rotatable bonds is 3. The molecule has 0 bridgehead atoms. The van der Waals surface area contributed by atoms with Gasteiger partial charge >= 0.3 is 0 Å². The lowest BCUT2D eigenvalue weighted by molar-refractivity contribution is 0.568. The van der Waals surface area contributed by atoms with Crippen LogP contribution >= 0.6 is 11.3 Å². The summed E-state index contributed by atoms with van der Waals surface area (Å²) >= 11 is 1.73. The van der Waals surface area contributed by atoms with E-state index >= 15 is 0 Å². The monoisotopic (exact) mass is 271 g/mol. The van der Waals surface area contributed by atoms with Crippen LogP contribution in [0.4, 0.5) is 5.95 Å². The van der Waals surface area contributed by atoms with Gasteiger partial charge in [0.25, 0.3) is 0 Å². The molecule has 3 heterocycles. The number of piperidine rings is 1. The molecule has 1 aliphatic heterocycles. The Balaban J connectivity index is 1.75. The first-order valence-electron chi connectivity index (χ1n) is 6.71. The van der Waals surface area contributed by atoms with Crippen LogP contribution in [-0.4, -0.2) is 23.1 Å². The highest BCUT2D eigenvalue weighted by atomic mass is 32.1. The van der Waals surface area contributed by atoms with Crippen LogP contribution in [0.1, 0.15) is 29.8 Å². The van der Waals surface area contributed by atoms with Crippen molar-refractivity contribution in [3.05, 3.63) is 40.3 Å². The van der Waals surface area contributed by atoms with Gasteiger partial charge in [-0.2, -0.15) is 0 Å². The molecule has 1 saturated heterocycles. The van der Waals surface area contributed by atoms with E-state index in [1.165, 1.54) is 24.1 Å². The van der Waals surface area contributed by atoms with Gasteiger partial charge in [-0.3, -0.25) is 0 Å². The summed E-state index contributed by atoms with van der Waals surface area (Å²) in [4.78, 5) is 12.6. The number of hydrogen-bond acceptors (Lipinski definition) is 4. The maximum Gasteiger partial charge on any atom is 0.225 e. The number of hydrogen-bond donors (Lipinski definition) is 0. The van der Waals surface area contributed by atoms with Crippen LogP contribution < -0.4 is 4.90 Å². The lowest BCUT2D eigenvalue weighted by atomic mass is 10.1. The molecule has 0 saturated carbocycles. The third-order valence-electron chi connectivity index (χ3n) is 3.26. The van der Waals surface area contributed by atoms with E-state index in [4.69, 9.17) is 0 Å². The summed E-state index contributed by atoms with van der Waals surface area (Å²) in [5.41, 5.74) is 0.976. The van der Waals surface area contributed by atoms with E-state index < -0.39 is 0 Å². The molecule has 0 aromatic carbocycles. The number of nitrogens with zero attached hydrogens (tertiary/aromatic N) is 3. The first-order chi connectivity index (χ1) is 9.42. The van der Waals surface area contributed by atoms with Gasteiger partial charge in [0.2, 0.25) is 5.95 Å². The summed E-state index contributed by atoms with van der Waals surface area (Å²) in [5.74, 6) is 0.869. The molecule has 0 radical (unpaired) electrons. The van der Waals surface area contributed by atoms with E-state index in [1.54, 1.807) is 11.3 Å². The van der Waals surface area contributed by atoms with Gasteiger partial charge in [0, 0.05) is 24.2 Å². The van der Waals surface area contributed by atoms with E-state index in [2.05, 4.69) is 44.5 Å². The highest BCUT2D eigenvalue weighted by Gasteiger charge is 2.12. The third-order valence-corrected chi connectivity index (χ3v) is 4.10. The van der Waals surface area contributed by atoms with Crippen molar-refractivity contribution >= 4 is 29.4 Å². The van der Waals surface area contributed by atoms with Crippen molar-refractivity contribution in [3.63, 3.8) is 0 Å². The molecule has 4 heteroatoms. The minimum Gasteiger partial charge on any atom is -0.341 e. The number of anilines is 1. The largest absolute Gasteiger partial charge is 0.341 e. The van der Waals surface area contributed by atoms with Gasteiger partial charge in [-0.25, -0.2) is 9.97 Å². The zero-order chi connectivity index (χ0) is 12.9. The van der Waals surface area contributed by atoms with Crippen molar-refractivity contribution in [1.29, 1.82) is 0 Å². The van der Waals surface area contributed by atoms with Crippen LogP contribution in [0.25, 0.3) is 12.2 Å². The minimum absolute atomic E-state index is 0.869. The fourth-order valence-electron chi connectivity index (χ4n) is 2.25. The molecular weight excluding hydrogens is 254 g/mol. The quantitative estimate of drug-likeness (QED) is 0.852. The van der Waals surface area contributed by atoms with Crippen molar-refractivity contribution in [2.24, 2.45) is 0 Å². The summed E-state index contributed by atoms with van der Waals surface area (Å²) < 4.78 is 0. The Morgan fingerprint density at radius 1 is 1.11 bits per heavy atom. The van der Waals surface area contributed by atoms with Crippen molar-refractivity contribution in [3.8, 4) is 0 Å². The van der Waals surface area contributed by atoms with Crippen molar-refractivity contribution in [1.82, 2.24) is 9.97 Å². The lowest BCUT2D eigenvalue weighted by Gasteiger charge is -2.26. The molecule has 0 unspecified atom stereocenters. The molecular formula is C15H17N3S. The molecule has 1 fully saturated rings. The molecule has 0 N–H and O–H groups in total. The molecule has 1 aliphatic rings. The average Bonchev–Trinajstić information content (AvgIpc) is 3.00. The molecule has 98 valence electrons. The van der Waals surface area contributed by atoms with Gasteiger partial charge in [-0.05, 0) is 48.9 Å². The SMILES string of the molecule is C(=C\c1cccs1)/c1ccnc(N2CCCCC2)n1. The van der Waals surface area contributed by atoms with Crippen LogP contribution in [0.3, 0.4) is 0 Å². The number of thiophene rings is 1. The van der Waals surface area contributed by atoms with Gasteiger partial charge in [-0.1, -0.05) is 6.07 Å². The Morgan fingerprint density at radius 3 is 2.79 bits per heavy atom. The third kappa shape index (κ3) is 3.20. The second kappa shape index (κ2) is 5.97. The summed E-state index contributed by atoms with van der Waals surface area (Å²) in [6, 6.07) is 6.12. The van der Waals surface area contributed by atoms with Gasteiger partial charge in [0.15, 0.2) is 0 Å². The highest BCUT2D eigenvalue weighted by molar-refractivity contribution is 7.10. The lowest BCUT2D eigenvalue weighted by Crippen LogP contribution is -2.31. The summed E-state index contributed by atoms with van der Waals surface area (Å²) in [5, 5.41) is 2.08. The number of aromatic nitrogens is 2. The first-order valence-corrected chi connectivity index (χ1v) is 7.59. The van der Waals surface area contributed by atoms with Gasteiger partial charge in [-0.15, -0.1) is 11.3 Å². The van der Waals surface area contributed by atoms with Gasteiger partial charge in [0.1, 0.15) is 0 Å². The maximum absolute atomic E-state index is 4.63. The van der Waals surface area contributed by atoms with Crippen molar-refractivity contribution in [2.75, 3.05) is 18.0 Å². The summed E-state index contributed by atoms with van der Waals surface area (Å²) in [6.07, 6.45) is 9.84. The molecule has 19 heavy (non-hydrogen) atoms. The molecule has 2 aromatic rings. The smallest absolute Gasteiger partial charge is 0.225 e. The normalized spacial score (nSPS) is 16.1. The molecule has 0 amide bonds. The Kier molecular flexibility index (Phi) is 3.89. The first kappa shape index (κ1) is 12.4. The fourth-order valence-corrected chi connectivity index (χ4v) is 2.87. The predicted octanol–water partition coefficient (Wildman–Crippen LogP) is 3.70. The Morgan fingerprint density at radius 2 is 2.00 bits per heavy atom. The van der Waals surface area contributed by atoms with Crippen molar-refractivity contribution < 1.29 is 0 Å². The zero-order valence-electron chi connectivity index (χ0n) is 10.8. The van der Waals surface area contributed by atoms with E-state index in [9.17, 15) is 0 Å². The topological polar surface area (TPSA) is 29.0 Å². The van der Waals surface area contributed by atoms with E-state index in [1.807, 2.05) is 12.3 Å². The van der Waals surface area contributed by atoms with Crippen LogP contribution in [0.5, 0.6) is 0 Å². The van der Waals surface area contributed by atoms with Crippen LogP contribution in [0, 0.1) is 0 Å². The van der Waals surface area contributed by atoms with Gasteiger partial charge < -0.3 is 4.90 Å². The second-order valence-electron chi connectivity index (χ2n) is 4.68. The predicted molar refractivity (Wildman–Crippen MR) is 81.3 cm³/mol. The van der Waals surface area contributed by atoms with E-state index in [0.717, 1.165) is 24.7 Å². The van der Waals surface area contributed by atoms with Crippen LogP contribution in [-0.2, 0) is 0 Å². The molecule has 3 rings (SSSR count). The second-order valence-corrected chi connectivity index (χ2v) is 5.66. The molecule has 0 aliphatic carbocycles. The summed E-state index contributed by atoms with van der Waals surface area (Å²) in [7, 11) is 0. The maximum atomic E-state index is 4.63. The summed E-state index contributed by atoms with van der Waals surface area (Å²) in [6.45, 7) is 2.16. The minimum atomic E-state index is 0.869. The highest BCUT2D eigenvalue weighted by Crippen LogP contribution is 2.17. The molecule has 0 spiro atoms. The van der Waals surface area contributed by atoms with Crippen LogP contribution in [0.2, 0.25) is 0 Å². The fraction of sp³-hybridized carbons (Fsp3) is 0.333. The Labute approximate surface area is 117 Å². The molecule has 2 aromatic heterocycles. The molecule has 0 atom stereocenters. The van der Waals surface area contributed by atoms with Crippen LogP contribution in [0.15, 0.2) is 29.8 Å². The Hall–Kier alpha value is -1.68. The van der Waals surface area contributed by atoms with E-state index in [-0.39, 0.29) is 0 Å². The van der Waals surface area contributed by atoms with Crippen molar-refractivity contribution in [2.45, 2.75) is 19.3 Å². The van der Waals surface area contributed by atoms with Gasteiger partial charge in [0.05, 0.1) is 5.69 Å². The molecule has 3 nitrogen and oxygen atoms in total. The van der Waals surface area contributed by atoms with E-state index in [0.29, 0.717) is 0 Å². The zero-order valence-corrected chi connectivity index (χ0v) is 11.6. The Bertz CT molecular complexity index is 542. The standard InChI is InChI=1S/C15H17N3S/c1-2-10-18(11-3-1)15-16-9-8-13(17-15)6-7-14-5-4-12-19-14/h4-9,12H,1-3,10-11H2/b7-6+. The average molecular weight is 271 g/mol.